The molecule has 0 saturated carbocycles. The van der Waals surface area contributed by atoms with Gasteiger partial charge >= 0.3 is 0 Å². The van der Waals surface area contributed by atoms with Crippen molar-refractivity contribution < 1.29 is 0 Å². The highest BCUT2D eigenvalue weighted by Crippen LogP contribution is 2.26. The van der Waals surface area contributed by atoms with Crippen LogP contribution in [0.25, 0.3) is 0 Å². The van der Waals surface area contributed by atoms with Gasteiger partial charge in [0.25, 0.3) is 0 Å². The van der Waals surface area contributed by atoms with Gasteiger partial charge in [0.15, 0.2) is 0 Å². The number of hydrogen-bond acceptors (Lipinski definition) is 2. The Balaban J connectivity index is 3.03. The number of nitrogens with zero attached hydrogens (tertiary/aromatic N) is 2. The highest BCUT2D eigenvalue weighted by molar-refractivity contribution is 9.10. The molecule has 14 heavy (non-hydrogen) atoms. The molecular weight excluding hydrogens is 242 g/mol. The van der Waals surface area contributed by atoms with E-state index in [1.807, 2.05) is 10.8 Å². The summed E-state index contributed by atoms with van der Waals surface area (Å²) in [6.07, 6.45) is 4.38. The average Bonchev–Trinajstić information content (AvgIpc) is 2.47. The van der Waals surface area contributed by atoms with Gasteiger partial charge in [-0.1, -0.05) is 6.08 Å². The fourth-order valence-corrected chi connectivity index (χ4v) is 1.97. The van der Waals surface area contributed by atoms with Crippen LogP contribution in [0.3, 0.4) is 0 Å². The van der Waals surface area contributed by atoms with Crippen molar-refractivity contribution in [3.63, 3.8) is 0 Å². The molecular formula is C10H16BrN3. The SMILES string of the molecule is C=CCC(N)c1c(Br)cnn1C(C)C. The number of halogens is 1. The molecule has 0 spiro atoms. The van der Waals surface area contributed by atoms with Gasteiger partial charge in [0.05, 0.1) is 22.4 Å². The molecule has 1 unspecified atom stereocenters. The van der Waals surface area contributed by atoms with Crippen LogP contribution in [0.1, 0.15) is 38.0 Å². The third-order valence-electron chi connectivity index (χ3n) is 2.05. The quantitative estimate of drug-likeness (QED) is 0.844. The molecule has 1 atom stereocenters. The second-order valence-corrected chi connectivity index (χ2v) is 4.40. The van der Waals surface area contributed by atoms with Crippen LogP contribution >= 0.6 is 15.9 Å². The monoisotopic (exact) mass is 257 g/mol. The molecule has 0 radical (unpaired) electrons. The summed E-state index contributed by atoms with van der Waals surface area (Å²) in [6, 6.07) is 0.291. The van der Waals surface area contributed by atoms with Gasteiger partial charge in [-0.25, -0.2) is 0 Å². The fourth-order valence-electron chi connectivity index (χ4n) is 1.40. The van der Waals surface area contributed by atoms with Crippen molar-refractivity contribution in [2.24, 2.45) is 5.73 Å². The molecule has 0 amide bonds. The predicted octanol–water partition coefficient (Wildman–Crippen LogP) is 2.80. The molecule has 0 bridgehead atoms. The molecule has 0 fully saturated rings. The molecule has 2 N–H and O–H groups in total. The maximum atomic E-state index is 6.03. The van der Waals surface area contributed by atoms with E-state index in [0.717, 1.165) is 16.6 Å². The van der Waals surface area contributed by atoms with Gasteiger partial charge in [0.1, 0.15) is 0 Å². The van der Waals surface area contributed by atoms with E-state index in [2.05, 4.69) is 41.5 Å². The molecule has 78 valence electrons. The van der Waals surface area contributed by atoms with Crippen molar-refractivity contribution >= 4 is 15.9 Å². The Morgan fingerprint density at radius 3 is 2.86 bits per heavy atom. The van der Waals surface area contributed by atoms with Gasteiger partial charge < -0.3 is 5.73 Å². The summed E-state index contributed by atoms with van der Waals surface area (Å²) in [4.78, 5) is 0. The molecule has 3 nitrogen and oxygen atoms in total. The second-order valence-electron chi connectivity index (χ2n) is 3.55. The maximum absolute atomic E-state index is 6.03. The normalized spacial score (nSPS) is 13.2. The zero-order chi connectivity index (χ0) is 10.7. The minimum atomic E-state index is -0.0354. The van der Waals surface area contributed by atoms with E-state index in [-0.39, 0.29) is 6.04 Å². The lowest BCUT2D eigenvalue weighted by Crippen LogP contribution is -2.17. The van der Waals surface area contributed by atoms with E-state index < -0.39 is 0 Å². The van der Waals surface area contributed by atoms with Crippen molar-refractivity contribution in [1.29, 1.82) is 0 Å². The molecule has 1 rings (SSSR count). The molecule has 1 aromatic rings. The van der Waals surface area contributed by atoms with E-state index in [9.17, 15) is 0 Å². The number of hydrogen-bond donors (Lipinski definition) is 1. The molecule has 0 saturated heterocycles. The van der Waals surface area contributed by atoms with Crippen LogP contribution in [-0.4, -0.2) is 9.78 Å². The Morgan fingerprint density at radius 2 is 2.36 bits per heavy atom. The lowest BCUT2D eigenvalue weighted by atomic mass is 10.1. The Morgan fingerprint density at radius 1 is 1.71 bits per heavy atom. The number of rotatable bonds is 4. The van der Waals surface area contributed by atoms with E-state index >= 15 is 0 Å². The minimum Gasteiger partial charge on any atom is -0.322 e. The summed E-state index contributed by atoms with van der Waals surface area (Å²) in [6.45, 7) is 7.86. The predicted molar refractivity (Wildman–Crippen MR) is 62.1 cm³/mol. The Hall–Kier alpha value is -0.610. The van der Waals surface area contributed by atoms with Crippen LogP contribution in [0.2, 0.25) is 0 Å². The zero-order valence-electron chi connectivity index (χ0n) is 8.57. The van der Waals surface area contributed by atoms with Gasteiger partial charge in [0.2, 0.25) is 0 Å². The topological polar surface area (TPSA) is 43.8 Å². The summed E-state index contributed by atoms with van der Waals surface area (Å²) in [5, 5.41) is 4.27. The van der Waals surface area contributed by atoms with Gasteiger partial charge in [-0.05, 0) is 36.2 Å². The Kier molecular flexibility index (Phi) is 3.89. The van der Waals surface area contributed by atoms with Gasteiger partial charge in [0, 0.05) is 6.04 Å². The third kappa shape index (κ3) is 2.25. The van der Waals surface area contributed by atoms with Gasteiger partial charge in [-0.3, -0.25) is 4.68 Å². The maximum Gasteiger partial charge on any atom is 0.0699 e. The molecule has 0 aliphatic rings. The molecule has 1 heterocycles. The van der Waals surface area contributed by atoms with E-state index in [4.69, 9.17) is 5.73 Å². The van der Waals surface area contributed by atoms with Gasteiger partial charge in [-0.2, -0.15) is 5.10 Å². The van der Waals surface area contributed by atoms with Crippen LogP contribution in [0.4, 0.5) is 0 Å². The van der Waals surface area contributed by atoms with Crippen LogP contribution in [0.15, 0.2) is 23.3 Å². The summed E-state index contributed by atoms with van der Waals surface area (Å²) in [5.41, 5.74) is 7.07. The molecule has 4 heteroatoms. The highest BCUT2D eigenvalue weighted by atomic mass is 79.9. The van der Waals surface area contributed by atoms with Crippen LogP contribution in [0, 0.1) is 0 Å². The largest absolute Gasteiger partial charge is 0.322 e. The number of nitrogens with two attached hydrogens (primary N) is 1. The molecule has 0 aliphatic carbocycles. The standard InChI is InChI=1S/C10H16BrN3/c1-4-5-9(12)10-8(11)6-13-14(10)7(2)3/h4,6-7,9H,1,5,12H2,2-3H3. The molecule has 0 aromatic carbocycles. The van der Waals surface area contributed by atoms with Gasteiger partial charge in [-0.15, -0.1) is 6.58 Å². The van der Waals surface area contributed by atoms with Crippen molar-refractivity contribution in [3.8, 4) is 0 Å². The average molecular weight is 258 g/mol. The smallest absolute Gasteiger partial charge is 0.0699 e. The third-order valence-corrected chi connectivity index (χ3v) is 2.66. The summed E-state index contributed by atoms with van der Waals surface area (Å²) in [5.74, 6) is 0. The minimum absolute atomic E-state index is 0.0354. The molecule has 0 aliphatic heterocycles. The highest BCUT2D eigenvalue weighted by Gasteiger charge is 2.16. The van der Waals surface area contributed by atoms with E-state index in [1.165, 1.54) is 0 Å². The Labute approximate surface area is 93.1 Å². The lowest BCUT2D eigenvalue weighted by Gasteiger charge is -2.16. The fraction of sp³-hybridized carbons (Fsp3) is 0.500. The first-order valence-corrected chi connectivity index (χ1v) is 5.46. The first kappa shape index (κ1) is 11.5. The number of aromatic nitrogens is 2. The van der Waals surface area contributed by atoms with Crippen molar-refractivity contribution in [2.75, 3.05) is 0 Å². The van der Waals surface area contributed by atoms with Crippen LogP contribution < -0.4 is 5.73 Å². The summed E-state index contributed by atoms with van der Waals surface area (Å²) >= 11 is 3.46. The van der Waals surface area contributed by atoms with Crippen LogP contribution in [-0.2, 0) is 0 Å². The zero-order valence-corrected chi connectivity index (χ0v) is 10.2. The van der Waals surface area contributed by atoms with Crippen molar-refractivity contribution in [2.45, 2.75) is 32.4 Å². The van der Waals surface area contributed by atoms with Crippen molar-refractivity contribution in [1.82, 2.24) is 9.78 Å². The first-order valence-electron chi connectivity index (χ1n) is 4.67. The summed E-state index contributed by atoms with van der Waals surface area (Å²) < 4.78 is 2.92. The van der Waals surface area contributed by atoms with E-state index in [0.29, 0.717) is 6.04 Å². The van der Waals surface area contributed by atoms with E-state index in [1.54, 1.807) is 6.20 Å². The lowest BCUT2D eigenvalue weighted by molar-refractivity contribution is 0.486. The second kappa shape index (κ2) is 4.75. The van der Waals surface area contributed by atoms with Crippen LogP contribution in [0.5, 0.6) is 0 Å². The first-order chi connectivity index (χ1) is 6.57. The molecule has 1 aromatic heterocycles. The summed E-state index contributed by atoms with van der Waals surface area (Å²) in [7, 11) is 0. The Bertz CT molecular complexity index is 317. The van der Waals surface area contributed by atoms with Crippen molar-refractivity contribution in [3.05, 3.63) is 29.0 Å².